The summed E-state index contributed by atoms with van der Waals surface area (Å²) in [5.74, 6) is 2.27. The van der Waals surface area contributed by atoms with Crippen molar-refractivity contribution in [3.63, 3.8) is 0 Å². The van der Waals surface area contributed by atoms with Crippen LogP contribution in [0.3, 0.4) is 0 Å². The summed E-state index contributed by atoms with van der Waals surface area (Å²) in [4.78, 5) is 16.6. The molecule has 2 heterocycles. The molecular weight excluding hydrogens is 356 g/mol. The van der Waals surface area contributed by atoms with Gasteiger partial charge in [0, 0.05) is 36.3 Å². The van der Waals surface area contributed by atoms with Crippen LogP contribution in [0.2, 0.25) is 0 Å². The predicted molar refractivity (Wildman–Crippen MR) is 117 cm³/mol. The third-order valence-electron chi connectivity index (χ3n) is 9.13. The quantitative estimate of drug-likeness (QED) is 0.742. The molecule has 5 atom stereocenters. The lowest BCUT2D eigenvalue weighted by atomic mass is 9.48. The van der Waals surface area contributed by atoms with Crippen LogP contribution in [0, 0.1) is 28.6 Å². The molecule has 0 bridgehead atoms. The molecule has 3 heteroatoms. The Balaban J connectivity index is 1.47. The van der Waals surface area contributed by atoms with Crippen LogP contribution in [0.4, 0.5) is 0 Å². The van der Waals surface area contributed by atoms with Crippen molar-refractivity contribution in [1.29, 1.82) is 0 Å². The number of carbonyl (C=O) groups excluding carboxylic acids is 1. The van der Waals surface area contributed by atoms with E-state index in [9.17, 15) is 4.79 Å². The molecule has 0 spiro atoms. The molecule has 3 aliphatic carbocycles. The summed E-state index contributed by atoms with van der Waals surface area (Å²) in [5, 5.41) is 3.19. The largest absolute Gasteiger partial charge is 0.356 e. The van der Waals surface area contributed by atoms with E-state index in [0.717, 1.165) is 19.4 Å². The Labute approximate surface area is 175 Å². The SMILES string of the molecule is CCc1ccncc1C1=CC=C2[C@@H]3CCC4CNC(=O)CC[C@]4(C)[C@H]3CC[C@]12C. The Bertz CT molecular complexity index is 900. The minimum atomic E-state index is 0.149. The summed E-state index contributed by atoms with van der Waals surface area (Å²) in [5.41, 5.74) is 6.35. The number of pyridine rings is 1. The average molecular weight is 391 g/mol. The molecule has 1 unspecified atom stereocenters. The first-order valence-electron chi connectivity index (χ1n) is 11.6. The molecule has 154 valence electrons. The topological polar surface area (TPSA) is 42.0 Å². The average Bonchev–Trinajstić information content (AvgIpc) is 3.00. The summed E-state index contributed by atoms with van der Waals surface area (Å²) < 4.78 is 0. The molecule has 0 aromatic carbocycles. The number of aromatic nitrogens is 1. The van der Waals surface area contributed by atoms with Gasteiger partial charge in [0.25, 0.3) is 0 Å². The molecule has 29 heavy (non-hydrogen) atoms. The Morgan fingerprint density at radius 2 is 2.03 bits per heavy atom. The minimum absolute atomic E-state index is 0.149. The fourth-order valence-corrected chi connectivity index (χ4v) is 7.32. The molecule has 3 fully saturated rings. The van der Waals surface area contributed by atoms with Crippen molar-refractivity contribution in [2.24, 2.45) is 28.6 Å². The highest BCUT2D eigenvalue weighted by Gasteiger charge is 2.55. The van der Waals surface area contributed by atoms with Gasteiger partial charge in [-0.25, -0.2) is 0 Å². The van der Waals surface area contributed by atoms with E-state index in [1.165, 1.54) is 42.4 Å². The van der Waals surface area contributed by atoms with Crippen molar-refractivity contribution in [1.82, 2.24) is 10.3 Å². The number of rotatable bonds is 2. The van der Waals surface area contributed by atoms with Gasteiger partial charge in [0.1, 0.15) is 0 Å². The number of hydrogen-bond donors (Lipinski definition) is 1. The van der Waals surface area contributed by atoms with E-state index in [2.05, 4.69) is 55.5 Å². The number of aryl methyl sites for hydroxylation is 1. The van der Waals surface area contributed by atoms with Gasteiger partial charge in [0.2, 0.25) is 5.91 Å². The highest BCUT2D eigenvalue weighted by atomic mass is 16.1. The molecule has 1 aliphatic heterocycles. The first kappa shape index (κ1) is 19.1. The highest BCUT2D eigenvalue weighted by molar-refractivity contribution is 5.80. The number of fused-ring (bicyclic) bond motifs is 5. The van der Waals surface area contributed by atoms with Gasteiger partial charge in [-0.2, -0.15) is 0 Å². The Morgan fingerprint density at radius 1 is 1.17 bits per heavy atom. The summed E-state index contributed by atoms with van der Waals surface area (Å²) >= 11 is 0. The second-order valence-corrected chi connectivity index (χ2v) is 10.3. The third-order valence-corrected chi connectivity index (χ3v) is 9.13. The van der Waals surface area contributed by atoms with Gasteiger partial charge in [-0.15, -0.1) is 0 Å². The molecule has 1 aromatic heterocycles. The zero-order valence-corrected chi connectivity index (χ0v) is 18.1. The monoisotopic (exact) mass is 390 g/mol. The van der Waals surface area contributed by atoms with Gasteiger partial charge in [-0.1, -0.05) is 38.5 Å². The number of nitrogens with one attached hydrogen (secondary N) is 1. The van der Waals surface area contributed by atoms with Crippen LogP contribution in [0.25, 0.3) is 5.57 Å². The van der Waals surface area contributed by atoms with E-state index >= 15 is 0 Å². The van der Waals surface area contributed by atoms with E-state index in [4.69, 9.17) is 0 Å². The molecule has 2 saturated carbocycles. The normalized spacial score (nSPS) is 38.7. The van der Waals surface area contributed by atoms with Gasteiger partial charge >= 0.3 is 0 Å². The van der Waals surface area contributed by atoms with Gasteiger partial charge in [0.15, 0.2) is 0 Å². The Hall–Kier alpha value is -1.90. The molecule has 1 amide bonds. The number of allylic oxidation sites excluding steroid dienone is 4. The van der Waals surface area contributed by atoms with E-state index in [0.29, 0.717) is 24.2 Å². The molecule has 5 rings (SSSR count). The van der Waals surface area contributed by atoms with Gasteiger partial charge in [0.05, 0.1) is 0 Å². The lowest BCUT2D eigenvalue weighted by Crippen LogP contribution is -2.49. The van der Waals surface area contributed by atoms with E-state index in [-0.39, 0.29) is 16.7 Å². The molecule has 4 aliphatic rings. The standard InChI is InChI=1S/C26H34N2O/c1-4-17-11-14-27-16-20(17)22-8-7-21-19-6-5-18-15-28-24(29)10-13-25(18,2)23(19)9-12-26(21,22)3/h7-8,11,14,16,18-19,23H,4-6,9-10,12-13,15H2,1-3H3,(H,28,29)/t18?,19-,23-,25-,26-/m0/s1. The summed E-state index contributed by atoms with van der Waals surface area (Å²) in [7, 11) is 0. The Kier molecular flexibility index (Phi) is 4.49. The number of carbonyl (C=O) groups is 1. The predicted octanol–water partition coefficient (Wildman–Crippen LogP) is 5.33. The van der Waals surface area contributed by atoms with Crippen molar-refractivity contribution in [2.75, 3.05) is 6.54 Å². The molecule has 1 saturated heterocycles. The fourth-order valence-electron chi connectivity index (χ4n) is 7.32. The maximum absolute atomic E-state index is 12.1. The van der Waals surface area contributed by atoms with Gasteiger partial charge in [-0.3, -0.25) is 9.78 Å². The lowest BCUT2D eigenvalue weighted by Gasteiger charge is -2.56. The first-order valence-corrected chi connectivity index (χ1v) is 11.6. The maximum Gasteiger partial charge on any atom is 0.220 e. The van der Waals surface area contributed by atoms with Crippen molar-refractivity contribution >= 4 is 11.5 Å². The second-order valence-electron chi connectivity index (χ2n) is 10.3. The van der Waals surface area contributed by atoms with Gasteiger partial charge in [-0.05, 0) is 78.9 Å². The van der Waals surface area contributed by atoms with Crippen LogP contribution in [0.1, 0.15) is 70.4 Å². The second kappa shape index (κ2) is 6.82. The summed E-state index contributed by atoms with van der Waals surface area (Å²) in [6.45, 7) is 8.10. The van der Waals surface area contributed by atoms with Crippen LogP contribution >= 0.6 is 0 Å². The Morgan fingerprint density at radius 3 is 2.86 bits per heavy atom. The zero-order chi connectivity index (χ0) is 20.2. The highest BCUT2D eigenvalue weighted by Crippen LogP contribution is 2.64. The molecule has 1 aromatic rings. The smallest absolute Gasteiger partial charge is 0.220 e. The van der Waals surface area contributed by atoms with Crippen molar-refractivity contribution in [2.45, 2.75) is 65.7 Å². The minimum Gasteiger partial charge on any atom is -0.356 e. The maximum atomic E-state index is 12.1. The van der Waals surface area contributed by atoms with Crippen molar-refractivity contribution < 1.29 is 4.79 Å². The molecule has 1 N–H and O–H groups in total. The summed E-state index contributed by atoms with van der Waals surface area (Å²) in [6.07, 6.45) is 16.7. The fraction of sp³-hybridized carbons (Fsp3) is 0.615. The van der Waals surface area contributed by atoms with Gasteiger partial charge < -0.3 is 5.32 Å². The van der Waals surface area contributed by atoms with Crippen LogP contribution in [-0.4, -0.2) is 17.4 Å². The first-order chi connectivity index (χ1) is 14.0. The number of amides is 1. The third kappa shape index (κ3) is 2.76. The van der Waals surface area contributed by atoms with Crippen molar-refractivity contribution in [3.05, 3.63) is 47.3 Å². The lowest BCUT2D eigenvalue weighted by molar-refractivity contribution is -0.121. The molecular formula is C26H34N2O. The molecule has 0 radical (unpaired) electrons. The molecule has 3 nitrogen and oxygen atoms in total. The van der Waals surface area contributed by atoms with Crippen LogP contribution in [-0.2, 0) is 11.2 Å². The van der Waals surface area contributed by atoms with E-state index in [1.54, 1.807) is 5.57 Å². The van der Waals surface area contributed by atoms with E-state index < -0.39 is 0 Å². The number of hydrogen-bond acceptors (Lipinski definition) is 2. The van der Waals surface area contributed by atoms with Crippen LogP contribution in [0.15, 0.2) is 36.2 Å². The zero-order valence-electron chi connectivity index (χ0n) is 18.1. The van der Waals surface area contributed by atoms with Crippen molar-refractivity contribution in [3.8, 4) is 0 Å². The van der Waals surface area contributed by atoms with E-state index in [1.807, 2.05) is 6.20 Å². The van der Waals surface area contributed by atoms with Crippen LogP contribution in [0.5, 0.6) is 0 Å². The summed E-state index contributed by atoms with van der Waals surface area (Å²) in [6, 6.07) is 2.19. The number of nitrogens with zero attached hydrogens (tertiary/aromatic N) is 1. The van der Waals surface area contributed by atoms with Crippen LogP contribution < -0.4 is 5.32 Å².